The number of nitrogens with two attached hydrogens (primary N) is 1. The monoisotopic (exact) mass is 397 g/mol. The fourth-order valence-electron chi connectivity index (χ4n) is 3.80. The maximum atomic E-state index is 13.1. The van der Waals surface area contributed by atoms with Crippen LogP contribution >= 0.6 is 12.4 Å². The lowest BCUT2D eigenvalue weighted by molar-refractivity contribution is 0.0779. The molecule has 0 saturated carbocycles. The van der Waals surface area contributed by atoms with E-state index < -0.39 is 0 Å². The van der Waals surface area contributed by atoms with Crippen LogP contribution in [0.5, 0.6) is 0 Å². The van der Waals surface area contributed by atoms with Gasteiger partial charge in [-0.1, -0.05) is 48.5 Å². The van der Waals surface area contributed by atoms with Crippen molar-refractivity contribution in [2.45, 2.75) is 12.8 Å². The standard InChI is InChI=1S/C22H23N3O2.ClH/c1-15-20(24-21(27-15)17-10-6-3-7-11-17)22(26)25-13-18(12-23)19(14-25)16-8-4-2-5-9-16;/h2-11,18-19H,12-14,23H2,1H3;1H/t18-,19+;/m1./s1. The van der Waals surface area contributed by atoms with Gasteiger partial charge in [-0.15, -0.1) is 12.4 Å². The van der Waals surface area contributed by atoms with E-state index in [1.165, 1.54) is 5.56 Å². The number of hydrogen-bond donors (Lipinski definition) is 1. The Balaban J connectivity index is 0.00000225. The number of nitrogens with zero attached hydrogens (tertiary/aromatic N) is 2. The molecule has 1 amide bonds. The Bertz CT molecular complexity index is 927. The Hall–Kier alpha value is -2.63. The van der Waals surface area contributed by atoms with Gasteiger partial charge < -0.3 is 15.1 Å². The minimum absolute atomic E-state index is 0. The lowest BCUT2D eigenvalue weighted by atomic mass is 9.89. The van der Waals surface area contributed by atoms with Crippen molar-refractivity contribution < 1.29 is 9.21 Å². The van der Waals surface area contributed by atoms with Crippen LogP contribution in [-0.2, 0) is 0 Å². The van der Waals surface area contributed by atoms with Gasteiger partial charge in [0, 0.05) is 24.6 Å². The summed E-state index contributed by atoms with van der Waals surface area (Å²) in [5, 5.41) is 0. The zero-order chi connectivity index (χ0) is 18.8. The molecule has 2 N–H and O–H groups in total. The van der Waals surface area contributed by atoms with E-state index in [-0.39, 0.29) is 30.2 Å². The van der Waals surface area contributed by atoms with Crippen LogP contribution in [0.25, 0.3) is 11.5 Å². The zero-order valence-corrected chi connectivity index (χ0v) is 16.6. The van der Waals surface area contributed by atoms with Crippen LogP contribution in [0, 0.1) is 12.8 Å². The summed E-state index contributed by atoms with van der Waals surface area (Å²) in [7, 11) is 0. The third kappa shape index (κ3) is 3.81. The second-order valence-electron chi connectivity index (χ2n) is 7.01. The Morgan fingerprint density at radius 2 is 1.75 bits per heavy atom. The number of aromatic nitrogens is 1. The fourth-order valence-corrected chi connectivity index (χ4v) is 3.80. The molecule has 0 bridgehead atoms. The predicted molar refractivity (Wildman–Crippen MR) is 112 cm³/mol. The number of hydrogen-bond acceptors (Lipinski definition) is 4. The minimum atomic E-state index is -0.0877. The van der Waals surface area contributed by atoms with Crippen molar-refractivity contribution in [3.8, 4) is 11.5 Å². The first-order chi connectivity index (χ1) is 13.2. The summed E-state index contributed by atoms with van der Waals surface area (Å²) in [6, 6.07) is 19.9. The van der Waals surface area contributed by atoms with Crippen LogP contribution in [0.1, 0.15) is 27.7 Å². The largest absolute Gasteiger partial charge is 0.441 e. The zero-order valence-electron chi connectivity index (χ0n) is 15.7. The predicted octanol–water partition coefficient (Wildman–Crippen LogP) is 3.89. The van der Waals surface area contributed by atoms with E-state index in [0.29, 0.717) is 37.0 Å². The number of amides is 1. The highest BCUT2D eigenvalue weighted by Gasteiger charge is 2.37. The van der Waals surface area contributed by atoms with E-state index in [4.69, 9.17) is 10.2 Å². The van der Waals surface area contributed by atoms with Gasteiger partial charge in [-0.25, -0.2) is 4.98 Å². The molecule has 2 aromatic carbocycles. The Kier molecular flexibility index (Phi) is 6.17. The molecule has 3 aromatic rings. The van der Waals surface area contributed by atoms with Gasteiger partial charge in [0.1, 0.15) is 5.76 Å². The van der Waals surface area contributed by atoms with E-state index in [9.17, 15) is 4.79 Å². The van der Waals surface area contributed by atoms with Crippen LogP contribution in [-0.4, -0.2) is 35.4 Å². The first kappa shape index (κ1) is 20.1. The molecule has 4 rings (SSSR count). The maximum Gasteiger partial charge on any atom is 0.276 e. The van der Waals surface area contributed by atoms with Crippen LogP contribution in [0.2, 0.25) is 0 Å². The average Bonchev–Trinajstić information content (AvgIpc) is 3.33. The highest BCUT2D eigenvalue weighted by Crippen LogP contribution is 2.33. The lowest BCUT2D eigenvalue weighted by Gasteiger charge is -2.16. The Morgan fingerprint density at radius 3 is 2.39 bits per heavy atom. The Morgan fingerprint density at radius 1 is 1.11 bits per heavy atom. The molecule has 0 aliphatic carbocycles. The molecule has 146 valence electrons. The number of benzene rings is 2. The molecule has 0 unspecified atom stereocenters. The van der Waals surface area contributed by atoms with Gasteiger partial charge in [0.2, 0.25) is 5.89 Å². The van der Waals surface area contributed by atoms with E-state index in [2.05, 4.69) is 17.1 Å². The summed E-state index contributed by atoms with van der Waals surface area (Å²) in [6.45, 7) is 3.63. The Labute approximate surface area is 171 Å². The quantitative estimate of drug-likeness (QED) is 0.724. The van der Waals surface area contributed by atoms with Crippen LogP contribution in [0.15, 0.2) is 65.1 Å². The fraction of sp³-hybridized carbons (Fsp3) is 0.273. The van der Waals surface area contributed by atoms with Crippen LogP contribution in [0.4, 0.5) is 0 Å². The van der Waals surface area contributed by atoms with Crippen molar-refractivity contribution in [1.82, 2.24) is 9.88 Å². The van der Waals surface area contributed by atoms with Crippen molar-refractivity contribution in [2.75, 3.05) is 19.6 Å². The topological polar surface area (TPSA) is 72.4 Å². The number of rotatable bonds is 4. The minimum Gasteiger partial charge on any atom is -0.441 e. The number of likely N-dealkylation sites (tertiary alicyclic amines) is 1. The molecule has 5 nitrogen and oxygen atoms in total. The van der Waals surface area contributed by atoms with Gasteiger partial charge in [0.15, 0.2) is 5.69 Å². The maximum absolute atomic E-state index is 13.1. The van der Waals surface area contributed by atoms with Crippen LogP contribution < -0.4 is 5.73 Å². The van der Waals surface area contributed by atoms with Crippen molar-refractivity contribution in [3.63, 3.8) is 0 Å². The van der Waals surface area contributed by atoms with Crippen molar-refractivity contribution >= 4 is 18.3 Å². The highest BCUT2D eigenvalue weighted by molar-refractivity contribution is 5.94. The molecule has 1 aromatic heterocycles. The van der Waals surface area contributed by atoms with Crippen molar-refractivity contribution in [3.05, 3.63) is 77.7 Å². The summed E-state index contributed by atoms with van der Waals surface area (Å²) in [4.78, 5) is 19.5. The smallest absolute Gasteiger partial charge is 0.276 e. The first-order valence-corrected chi connectivity index (χ1v) is 9.24. The molecular weight excluding hydrogens is 374 g/mol. The lowest BCUT2D eigenvalue weighted by Crippen LogP contribution is -2.30. The number of carbonyl (C=O) groups is 1. The summed E-state index contributed by atoms with van der Waals surface area (Å²) >= 11 is 0. The average molecular weight is 398 g/mol. The van der Waals surface area contributed by atoms with Crippen LogP contribution in [0.3, 0.4) is 0 Å². The molecule has 1 aliphatic rings. The van der Waals surface area contributed by atoms with Crippen molar-refractivity contribution in [1.29, 1.82) is 0 Å². The molecule has 0 spiro atoms. The second kappa shape index (κ2) is 8.59. The van der Waals surface area contributed by atoms with E-state index in [0.717, 1.165) is 5.56 Å². The third-order valence-corrected chi connectivity index (χ3v) is 5.28. The second-order valence-corrected chi connectivity index (χ2v) is 7.01. The summed E-state index contributed by atoms with van der Waals surface area (Å²) < 4.78 is 5.76. The van der Waals surface area contributed by atoms with Gasteiger partial charge in [0.05, 0.1) is 0 Å². The van der Waals surface area contributed by atoms with E-state index in [1.807, 2.05) is 53.4 Å². The number of aryl methyl sites for hydroxylation is 1. The summed E-state index contributed by atoms with van der Waals surface area (Å²) in [6.07, 6.45) is 0. The van der Waals surface area contributed by atoms with Crippen molar-refractivity contribution in [2.24, 2.45) is 11.7 Å². The number of carbonyl (C=O) groups excluding carboxylic acids is 1. The summed E-state index contributed by atoms with van der Waals surface area (Å²) in [5.74, 6) is 1.44. The number of halogens is 1. The van der Waals surface area contributed by atoms with E-state index in [1.54, 1.807) is 6.92 Å². The molecule has 1 fully saturated rings. The number of oxazole rings is 1. The third-order valence-electron chi connectivity index (χ3n) is 5.28. The molecule has 1 aliphatic heterocycles. The van der Waals surface area contributed by atoms with E-state index >= 15 is 0 Å². The summed E-state index contributed by atoms with van der Waals surface area (Å²) in [5.41, 5.74) is 8.48. The SMILES string of the molecule is Cc1oc(-c2ccccc2)nc1C(=O)N1C[C@@H](CN)[C@H](c2ccccc2)C1.Cl. The molecular formula is C22H24ClN3O2. The molecule has 2 heterocycles. The highest BCUT2D eigenvalue weighted by atomic mass is 35.5. The normalized spacial score (nSPS) is 18.7. The molecule has 2 atom stereocenters. The molecule has 1 saturated heterocycles. The molecule has 0 radical (unpaired) electrons. The van der Waals surface area contributed by atoms with Gasteiger partial charge in [-0.2, -0.15) is 0 Å². The molecule has 6 heteroatoms. The van der Waals surface area contributed by atoms with Gasteiger partial charge in [0.25, 0.3) is 5.91 Å². The molecule has 28 heavy (non-hydrogen) atoms. The van der Waals surface area contributed by atoms with Gasteiger partial charge in [-0.05, 0) is 37.1 Å². The van der Waals surface area contributed by atoms with Gasteiger partial charge >= 0.3 is 0 Å². The van der Waals surface area contributed by atoms with Gasteiger partial charge in [-0.3, -0.25) is 4.79 Å². The first-order valence-electron chi connectivity index (χ1n) is 9.24.